The van der Waals surface area contributed by atoms with Crippen molar-refractivity contribution < 1.29 is 32.1 Å². The first kappa shape index (κ1) is 23.9. The van der Waals surface area contributed by atoms with E-state index in [1.165, 1.54) is 0 Å². The summed E-state index contributed by atoms with van der Waals surface area (Å²) in [6.07, 6.45) is -2.00. The maximum atomic E-state index is 13.0. The molecule has 0 amide bonds. The molecule has 0 radical (unpaired) electrons. The zero-order valence-corrected chi connectivity index (χ0v) is 17.3. The van der Waals surface area contributed by atoms with Gasteiger partial charge in [-0.3, -0.25) is 14.3 Å². The van der Waals surface area contributed by atoms with Crippen LogP contribution in [-0.4, -0.2) is 45.8 Å². The second-order valence-electron chi connectivity index (χ2n) is 7.40. The predicted octanol–water partition coefficient (Wildman–Crippen LogP) is 1.98. The van der Waals surface area contributed by atoms with Crippen LogP contribution in [0.4, 0.5) is 13.2 Å². The Morgan fingerprint density at radius 3 is 2.63 bits per heavy atom. The number of rotatable bonds is 5. The van der Waals surface area contributed by atoms with Crippen molar-refractivity contribution in [2.75, 3.05) is 13.2 Å². The van der Waals surface area contributed by atoms with Crippen LogP contribution in [0.5, 0.6) is 0 Å². The van der Waals surface area contributed by atoms with E-state index < -0.39 is 47.0 Å². The molecule has 8 nitrogen and oxygen atoms in total. The van der Waals surface area contributed by atoms with Gasteiger partial charge in [0.15, 0.2) is 0 Å². The fourth-order valence-electron chi connectivity index (χ4n) is 2.68. The van der Waals surface area contributed by atoms with E-state index in [9.17, 15) is 22.8 Å². The first-order valence-corrected chi connectivity index (χ1v) is 9.21. The van der Waals surface area contributed by atoms with Crippen LogP contribution in [0.3, 0.4) is 0 Å². The fourth-order valence-corrected chi connectivity index (χ4v) is 3.00. The van der Waals surface area contributed by atoms with Crippen LogP contribution in [-0.2, 0) is 25.1 Å². The lowest BCUT2D eigenvalue weighted by Crippen LogP contribution is -2.36. The van der Waals surface area contributed by atoms with E-state index in [-0.39, 0.29) is 24.9 Å². The number of halogens is 3. The molecule has 30 heavy (non-hydrogen) atoms. The number of nitrogens with one attached hydrogen (secondary N) is 1. The van der Waals surface area contributed by atoms with Crippen molar-refractivity contribution in [1.82, 2.24) is 9.55 Å². The molecular formula is C18H21F3N2O6S. The first-order chi connectivity index (χ1) is 13.8. The van der Waals surface area contributed by atoms with E-state index in [1.807, 2.05) is 0 Å². The number of aromatic nitrogens is 2. The average molecular weight is 450 g/mol. The van der Waals surface area contributed by atoms with Gasteiger partial charge in [-0.2, -0.15) is 13.2 Å². The molecule has 0 unspecified atom stereocenters. The molecule has 1 aliphatic rings. The molecule has 3 atom stereocenters. The Hall–Kier alpha value is -2.36. The second kappa shape index (κ2) is 9.20. The zero-order valence-electron chi connectivity index (χ0n) is 16.4. The number of alkyl halides is 3. The Balaban J connectivity index is 2.21. The second-order valence-corrected chi connectivity index (χ2v) is 7.73. The first-order valence-electron chi connectivity index (χ1n) is 8.81. The molecule has 166 valence electrons. The average Bonchev–Trinajstić information content (AvgIpc) is 2.98. The largest absolute Gasteiger partial charge is 0.454 e. The number of nitrogens with zero attached hydrogens (tertiary/aromatic N) is 1. The van der Waals surface area contributed by atoms with Crippen LogP contribution in [0.2, 0.25) is 0 Å². The molecule has 1 aromatic rings. The van der Waals surface area contributed by atoms with Gasteiger partial charge in [0.2, 0.25) is 0 Å². The number of ether oxygens (including phenoxy) is 4. The highest BCUT2D eigenvalue weighted by Crippen LogP contribution is 2.32. The summed E-state index contributed by atoms with van der Waals surface area (Å²) in [5, 5.41) is -0.147. The van der Waals surface area contributed by atoms with E-state index in [2.05, 4.69) is 5.92 Å². The number of terminal acetylenes is 1. The monoisotopic (exact) mass is 450 g/mol. The van der Waals surface area contributed by atoms with Gasteiger partial charge in [0.05, 0.1) is 6.10 Å². The molecule has 12 heteroatoms. The highest BCUT2D eigenvalue weighted by atomic mass is 32.1. The maximum absolute atomic E-state index is 13.0. The standard InChI is InChI=1S/C18H21F3N2O6S/c1-5-6-26-11-7-13(28-12(11)9-27-16(30)29-17(2,3)4)23-8-10(18(19,20)21)14(24)22-15(23)25/h1,8,11-13H,6-7,9H2,2-4H3,(H,22,24,25)/t11-,12+,13+/m0/s1. The molecule has 1 aliphatic heterocycles. The summed E-state index contributed by atoms with van der Waals surface area (Å²) in [5.41, 5.74) is -4.70. The van der Waals surface area contributed by atoms with Gasteiger partial charge in [-0.15, -0.1) is 6.42 Å². The molecule has 1 aromatic heterocycles. The maximum Gasteiger partial charge on any atom is 0.423 e. The van der Waals surface area contributed by atoms with Crippen molar-refractivity contribution in [3.8, 4) is 12.3 Å². The number of hydrogen-bond acceptors (Lipinski definition) is 7. The summed E-state index contributed by atoms with van der Waals surface area (Å²) in [7, 11) is 0. The van der Waals surface area contributed by atoms with E-state index in [0.29, 0.717) is 10.8 Å². The highest BCUT2D eigenvalue weighted by molar-refractivity contribution is 7.79. The van der Waals surface area contributed by atoms with Crippen molar-refractivity contribution >= 4 is 17.5 Å². The van der Waals surface area contributed by atoms with E-state index in [0.717, 1.165) is 0 Å². The topological polar surface area (TPSA) is 91.8 Å². The minimum Gasteiger partial charge on any atom is -0.454 e. The van der Waals surface area contributed by atoms with Gasteiger partial charge in [-0.25, -0.2) is 4.79 Å². The molecule has 0 aromatic carbocycles. The normalized spacial score (nSPS) is 21.8. The fraction of sp³-hybridized carbons (Fsp3) is 0.611. The molecule has 2 heterocycles. The van der Waals surface area contributed by atoms with E-state index in [4.69, 9.17) is 37.6 Å². The lowest BCUT2D eigenvalue weighted by atomic mass is 10.2. The third kappa shape index (κ3) is 6.32. The molecule has 0 aliphatic carbocycles. The summed E-state index contributed by atoms with van der Waals surface area (Å²) in [6.45, 7) is 5.07. The van der Waals surface area contributed by atoms with Crippen LogP contribution >= 0.6 is 12.2 Å². The van der Waals surface area contributed by atoms with Crippen LogP contribution < -0.4 is 11.2 Å². The van der Waals surface area contributed by atoms with Gasteiger partial charge in [-0.05, 0) is 20.8 Å². The third-order valence-corrected chi connectivity index (χ3v) is 4.10. The molecule has 0 bridgehead atoms. The Morgan fingerprint density at radius 1 is 1.40 bits per heavy atom. The molecule has 1 fully saturated rings. The lowest BCUT2D eigenvalue weighted by Gasteiger charge is -2.23. The van der Waals surface area contributed by atoms with Crippen LogP contribution in [0.15, 0.2) is 15.8 Å². The van der Waals surface area contributed by atoms with Gasteiger partial charge in [-0.1, -0.05) is 5.92 Å². The van der Waals surface area contributed by atoms with E-state index >= 15 is 0 Å². The Morgan fingerprint density at radius 2 is 2.07 bits per heavy atom. The molecule has 2 rings (SSSR count). The molecule has 1 N–H and O–H groups in total. The van der Waals surface area contributed by atoms with Gasteiger partial charge in [0, 0.05) is 24.8 Å². The Labute approximate surface area is 175 Å². The van der Waals surface area contributed by atoms with Crippen molar-refractivity contribution in [3.05, 3.63) is 32.6 Å². The zero-order chi connectivity index (χ0) is 22.7. The summed E-state index contributed by atoms with van der Waals surface area (Å²) in [4.78, 5) is 25.2. The van der Waals surface area contributed by atoms with Crippen molar-refractivity contribution in [3.63, 3.8) is 0 Å². The van der Waals surface area contributed by atoms with Crippen LogP contribution in [0.25, 0.3) is 0 Å². The number of aromatic amines is 1. The molecule has 0 spiro atoms. The lowest BCUT2D eigenvalue weighted by molar-refractivity contribution is -0.139. The van der Waals surface area contributed by atoms with Gasteiger partial charge in [0.25, 0.3) is 5.56 Å². The number of H-pyrrole nitrogens is 1. The SMILES string of the molecule is C#CCO[C@H]1C[C@H](n2cc(C(F)(F)F)c(=O)[nH]c2=O)O[C@@H]1COC(=S)OC(C)(C)C. The number of thiocarbonyl (C=S) groups is 1. The molecule has 0 saturated carbocycles. The van der Waals surface area contributed by atoms with Gasteiger partial charge in [0.1, 0.15) is 36.7 Å². The highest BCUT2D eigenvalue weighted by Gasteiger charge is 2.40. The van der Waals surface area contributed by atoms with Gasteiger partial charge >= 0.3 is 17.1 Å². The number of hydrogen-bond donors (Lipinski definition) is 1. The molecule has 1 saturated heterocycles. The Bertz CT molecular complexity index is 928. The minimum absolute atomic E-state index is 0.00809. The quantitative estimate of drug-likeness (QED) is 0.542. The van der Waals surface area contributed by atoms with Crippen LogP contribution in [0, 0.1) is 12.3 Å². The summed E-state index contributed by atoms with van der Waals surface area (Å²) < 4.78 is 61.6. The van der Waals surface area contributed by atoms with Crippen molar-refractivity contribution in [2.24, 2.45) is 0 Å². The van der Waals surface area contributed by atoms with E-state index in [1.54, 1.807) is 25.8 Å². The predicted molar refractivity (Wildman–Crippen MR) is 103 cm³/mol. The molecular weight excluding hydrogens is 429 g/mol. The summed E-state index contributed by atoms with van der Waals surface area (Å²) >= 11 is 4.99. The summed E-state index contributed by atoms with van der Waals surface area (Å²) in [6, 6.07) is 0. The van der Waals surface area contributed by atoms with Crippen molar-refractivity contribution in [1.29, 1.82) is 0 Å². The minimum atomic E-state index is -4.94. The van der Waals surface area contributed by atoms with Crippen LogP contribution in [0.1, 0.15) is 39.0 Å². The smallest absolute Gasteiger partial charge is 0.423 e. The van der Waals surface area contributed by atoms with Gasteiger partial charge < -0.3 is 18.9 Å². The Kier molecular flexibility index (Phi) is 7.33. The third-order valence-electron chi connectivity index (χ3n) is 3.90. The summed E-state index contributed by atoms with van der Waals surface area (Å²) in [5.74, 6) is 2.28. The van der Waals surface area contributed by atoms with Crippen molar-refractivity contribution in [2.45, 2.75) is 57.4 Å².